The number of nitrogens with two attached hydrogens (primary N) is 1. The Morgan fingerprint density at radius 1 is 1.32 bits per heavy atom. The van der Waals surface area contributed by atoms with Crippen molar-refractivity contribution < 1.29 is 4.42 Å². The molecule has 0 saturated heterocycles. The first-order chi connectivity index (χ1) is 9.15. The molecule has 0 atom stereocenters. The van der Waals surface area contributed by atoms with E-state index in [2.05, 4.69) is 4.99 Å². The largest absolute Gasteiger partial charge is 0.467 e. The minimum Gasteiger partial charge on any atom is -0.467 e. The summed E-state index contributed by atoms with van der Waals surface area (Å²) in [4.78, 5) is 4.22. The van der Waals surface area contributed by atoms with Crippen LogP contribution in [0, 0.1) is 0 Å². The van der Waals surface area contributed by atoms with Crippen LogP contribution in [-0.4, -0.2) is 5.17 Å². The van der Waals surface area contributed by atoms with Crippen LogP contribution < -0.4 is 5.73 Å². The number of furan rings is 1. The number of thioether (sulfide) groups is 1. The smallest absolute Gasteiger partial charge is 0.154 e. The summed E-state index contributed by atoms with van der Waals surface area (Å²) in [5.41, 5.74) is 6.80. The zero-order valence-electron chi connectivity index (χ0n) is 9.98. The van der Waals surface area contributed by atoms with Crippen LogP contribution in [0.1, 0.15) is 11.3 Å². The number of rotatable bonds is 4. The summed E-state index contributed by atoms with van der Waals surface area (Å²) in [6.07, 6.45) is 1.61. The fourth-order valence-electron chi connectivity index (χ4n) is 1.39. The second-order valence-electron chi connectivity index (χ2n) is 3.76. The number of aliphatic imine (C=N–C) groups is 1. The van der Waals surface area contributed by atoms with Gasteiger partial charge in [0.2, 0.25) is 0 Å². The van der Waals surface area contributed by atoms with Crippen LogP contribution in [0.3, 0.4) is 0 Å². The fourth-order valence-corrected chi connectivity index (χ4v) is 2.66. The lowest BCUT2D eigenvalue weighted by Crippen LogP contribution is -2.07. The van der Waals surface area contributed by atoms with Crippen LogP contribution in [0.2, 0.25) is 10.0 Å². The van der Waals surface area contributed by atoms with Crippen molar-refractivity contribution in [3.05, 3.63) is 58.0 Å². The lowest BCUT2D eigenvalue weighted by molar-refractivity contribution is 0.513. The standard InChI is InChI=1S/C13H12Cl2N2OS/c14-10-4-3-9(12(15)6-10)8-19-13(16)17-7-11-2-1-5-18-11/h1-6H,7-8H2,(H2,16,17). The van der Waals surface area contributed by atoms with Crippen LogP contribution in [-0.2, 0) is 12.3 Å². The highest BCUT2D eigenvalue weighted by atomic mass is 35.5. The van der Waals surface area contributed by atoms with E-state index in [1.807, 2.05) is 18.2 Å². The average molecular weight is 315 g/mol. The summed E-state index contributed by atoms with van der Waals surface area (Å²) in [5.74, 6) is 1.44. The van der Waals surface area contributed by atoms with Gasteiger partial charge in [-0.05, 0) is 29.8 Å². The normalized spacial score (nSPS) is 11.8. The van der Waals surface area contributed by atoms with E-state index in [1.165, 1.54) is 11.8 Å². The molecule has 0 saturated carbocycles. The second kappa shape index (κ2) is 6.89. The predicted octanol–water partition coefficient (Wildman–Crippen LogP) is 4.33. The van der Waals surface area contributed by atoms with Crippen molar-refractivity contribution in [2.75, 3.05) is 0 Å². The minimum absolute atomic E-state index is 0.445. The Labute approximate surface area is 125 Å². The van der Waals surface area contributed by atoms with Gasteiger partial charge >= 0.3 is 0 Å². The van der Waals surface area contributed by atoms with Crippen LogP contribution in [0.15, 0.2) is 46.0 Å². The molecule has 19 heavy (non-hydrogen) atoms. The lowest BCUT2D eigenvalue weighted by atomic mass is 10.2. The van der Waals surface area contributed by atoms with Gasteiger partial charge in [-0.3, -0.25) is 4.99 Å². The first-order valence-corrected chi connectivity index (χ1v) is 7.28. The molecule has 100 valence electrons. The summed E-state index contributed by atoms with van der Waals surface area (Å²) in [7, 11) is 0. The van der Waals surface area contributed by atoms with Crippen molar-refractivity contribution in [3.8, 4) is 0 Å². The van der Waals surface area contributed by atoms with Gasteiger partial charge in [0.25, 0.3) is 0 Å². The predicted molar refractivity (Wildman–Crippen MR) is 81.8 cm³/mol. The van der Waals surface area contributed by atoms with Gasteiger partial charge in [-0.15, -0.1) is 0 Å². The van der Waals surface area contributed by atoms with E-state index >= 15 is 0 Å². The molecule has 2 aromatic rings. The van der Waals surface area contributed by atoms with E-state index in [1.54, 1.807) is 18.4 Å². The Balaban J connectivity index is 1.89. The molecule has 1 aromatic heterocycles. The Bertz CT molecular complexity index is 570. The monoisotopic (exact) mass is 314 g/mol. The molecule has 0 bridgehead atoms. The molecule has 1 heterocycles. The molecule has 1 aromatic carbocycles. The van der Waals surface area contributed by atoms with E-state index in [0.29, 0.717) is 27.5 Å². The molecule has 2 rings (SSSR count). The Kier molecular flexibility index (Phi) is 5.19. The summed E-state index contributed by atoms with van der Waals surface area (Å²) in [6, 6.07) is 9.09. The highest BCUT2D eigenvalue weighted by molar-refractivity contribution is 8.13. The molecule has 2 N–H and O–H groups in total. The Morgan fingerprint density at radius 2 is 2.16 bits per heavy atom. The van der Waals surface area contributed by atoms with Crippen LogP contribution in [0.5, 0.6) is 0 Å². The topological polar surface area (TPSA) is 51.5 Å². The molecule has 0 aliphatic heterocycles. The van der Waals surface area contributed by atoms with Crippen molar-refractivity contribution >= 4 is 40.1 Å². The van der Waals surface area contributed by atoms with Gasteiger partial charge in [-0.2, -0.15) is 0 Å². The number of nitrogens with zero attached hydrogens (tertiary/aromatic N) is 1. The van der Waals surface area contributed by atoms with Gasteiger partial charge in [-0.1, -0.05) is 41.0 Å². The maximum Gasteiger partial charge on any atom is 0.154 e. The second-order valence-corrected chi connectivity index (χ2v) is 5.60. The zero-order valence-corrected chi connectivity index (χ0v) is 12.3. The van der Waals surface area contributed by atoms with Gasteiger partial charge in [0.05, 0.1) is 12.8 Å². The molecule has 0 amide bonds. The summed E-state index contributed by atoms with van der Waals surface area (Å²) in [5, 5.41) is 1.76. The molecule has 0 unspecified atom stereocenters. The van der Waals surface area contributed by atoms with Gasteiger partial charge in [-0.25, -0.2) is 0 Å². The van der Waals surface area contributed by atoms with Crippen molar-refractivity contribution in [2.45, 2.75) is 12.3 Å². The summed E-state index contributed by atoms with van der Waals surface area (Å²) >= 11 is 13.3. The Morgan fingerprint density at radius 3 is 2.84 bits per heavy atom. The molecular formula is C13H12Cl2N2OS. The number of hydrogen-bond donors (Lipinski definition) is 1. The van der Waals surface area contributed by atoms with Crippen LogP contribution >= 0.6 is 35.0 Å². The SMILES string of the molecule is NC(=NCc1ccco1)SCc1ccc(Cl)cc1Cl. The maximum absolute atomic E-state index is 6.08. The third-order valence-electron chi connectivity index (χ3n) is 2.36. The highest BCUT2D eigenvalue weighted by Gasteiger charge is 2.03. The van der Waals surface area contributed by atoms with E-state index in [0.717, 1.165) is 11.3 Å². The van der Waals surface area contributed by atoms with Crippen molar-refractivity contribution in [2.24, 2.45) is 10.7 Å². The van der Waals surface area contributed by atoms with Crippen LogP contribution in [0.4, 0.5) is 0 Å². The molecule has 0 spiro atoms. The first-order valence-electron chi connectivity index (χ1n) is 5.54. The molecule has 3 nitrogen and oxygen atoms in total. The van der Waals surface area contributed by atoms with Gasteiger partial charge in [0.1, 0.15) is 5.76 Å². The Hall–Kier alpha value is -1.10. The number of hydrogen-bond acceptors (Lipinski definition) is 3. The third kappa shape index (κ3) is 4.49. The first kappa shape index (κ1) is 14.3. The highest BCUT2D eigenvalue weighted by Crippen LogP contribution is 2.24. The maximum atomic E-state index is 6.08. The van der Waals surface area contributed by atoms with Crippen molar-refractivity contribution in [3.63, 3.8) is 0 Å². The molecule has 0 aliphatic carbocycles. The lowest BCUT2D eigenvalue weighted by Gasteiger charge is -2.04. The quantitative estimate of drug-likeness (QED) is 0.675. The van der Waals surface area contributed by atoms with Crippen molar-refractivity contribution in [1.29, 1.82) is 0 Å². The minimum atomic E-state index is 0.445. The van der Waals surface area contributed by atoms with Gasteiger partial charge in [0.15, 0.2) is 5.17 Å². The summed E-state index contributed by atoms with van der Waals surface area (Å²) in [6.45, 7) is 0.445. The number of halogens is 2. The zero-order chi connectivity index (χ0) is 13.7. The van der Waals surface area contributed by atoms with Gasteiger partial charge in [0, 0.05) is 15.8 Å². The fraction of sp³-hybridized carbons (Fsp3) is 0.154. The molecule has 0 fully saturated rings. The van der Waals surface area contributed by atoms with E-state index in [4.69, 9.17) is 33.4 Å². The molecule has 0 radical (unpaired) electrons. The van der Waals surface area contributed by atoms with Gasteiger partial charge < -0.3 is 10.2 Å². The number of amidine groups is 1. The molecular weight excluding hydrogens is 303 g/mol. The molecule has 6 heteroatoms. The van der Waals surface area contributed by atoms with Crippen LogP contribution in [0.25, 0.3) is 0 Å². The number of benzene rings is 1. The van der Waals surface area contributed by atoms with Crippen molar-refractivity contribution in [1.82, 2.24) is 0 Å². The van der Waals surface area contributed by atoms with E-state index in [-0.39, 0.29) is 0 Å². The van der Waals surface area contributed by atoms with E-state index < -0.39 is 0 Å². The average Bonchev–Trinajstić information content (AvgIpc) is 2.88. The third-order valence-corrected chi connectivity index (χ3v) is 3.83. The summed E-state index contributed by atoms with van der Waals surface area (Å²) < 4.78 is 5.17. The molecule has 0 aliphatic rings. The van der Waals surface area contributed by atoms with E-state index in [9.17, 15) is 0 Å².